The molecule has 0 bridgehead atoms. The lowest BCUT2D eigenvalue weighted by Gasteiger charge is -2.29. The fraction of sp³-hybridized carbons (Fsp3) is 0.529. The van der Waals surface area contributed by atoms with E-state index in [0.29, 0.717) is 29.7 Å². The van der Waals surface area contributed by atoms with Crippen molar-refractivity contribution in [2.45, 2.75) is 49.9 Å². The topological polar surface area (TPSA) is 81.9 Å². The van der Waals surface area contributed by atoms with E-state index in [1.165, 1.54) is 10.7 Å². The Bertz CT molecular complexity index is 804. The summed E-state index contributed by atoms with van der Waals surface area (Å²) in [7, 11) is 0. The van der Waals surface area contributed by atoms with Gasteiger partial charge in [-0.15, -0.1) is 0 Å². The van der Waals surface area contributed by atoms with E-state index in [1.54, 1.807) is 19.2 Å². The Kier molecular flexibility index (Phi) is 6.03. The van der Waals surface area contributed by atoms with Gasteiger partial charge in [0.25, 0.3) is 5.95 Å². The minimum absolute atomic E-state index is 0.0664. The van der Waals surface area contributed by atoms with Crippen molar-refractivity contribution in [1.29, 1.82) is 0 Å². The van der Waals surface area contributed by atoms with Crippen molar-refractivity contribution in [1.82, 2.24) is 19.7 Å². The summed E-state index contributed by atoms with van der Waals surface area (Å²) >= 11 is 3.37. The number of rotatable bonds is 6. The van der Waals surface area contributed by atoms with Gasteiger partial charge in [0.05, 0.1) is 12.3 Å². The molecule has 0 aromatic carbocycles. The molecule has 0 spiro atoms. The summed E-state index contributed by atoms with van der Waals surface area (Å²) in [5.41, 5.74) is 0.866. The summed E-state index contributed by atoms with van der Waals surface area (Å²) in [4.78, 5) is 20.6. The summed E-state index contributed by atoms with van der Waals surface area (Å²) in [5.74, 6) is -2.27. The maximum atomic E-state index is 13.3. The molecule has 0 amide bonds. The zero-order chi connectivity index (χ0) is 19.4. The van der Waals surface area contributed by atoms with Crippen LogP contribution in [-0.2, 0) is 10.1 Å². The van der Waals surface area contributed by atoms with Crippen LogP contribution < -0.4 is 5.32 Å². The second-order valence-electron chi connectivity index (χ2n) is 6.32. The van der Waals surface area contributed by atoms with E-state index < -0.39 is 11.9 Å². The summed E-state index contributed by atoms with van der Waals surface area (Å²) in [6, 6.07) is 3.22. The standard InChI is InChI=1S/C17H20BrF2N5O2/c1-2-27-15(26)13-5-8-25(24-13)16-22-12(10-18)9-14(23-16)21-11-3-6-17(19,20)7-4-11/h5,8-9,11H,2-4,6-7,10H2,1H3,(H,21,22,23). The molecule has 2 aromatic rings. The number of carbonyl (C=O) groups is 1. The van der Waals surface area contributed by atoms with Gasteiger partial charge in [0.2, 0.25) is 5.92 Å². The van der Waals surface area contributed by atoms with Crippen LogP contribution in [-0.4, -0.2) is 44.3 Å². The summed E-state index contributed by atoms with van der Waals surface area (Å²) in [6.45, 7) is 1.98. The zero-order valence-electron chi connectivity index (χ0n) is 14.8. The average molecular weight is 444 g/mol. The van der Waals surface area contributed by atoms with E-state index in [1.807, 2.05) is 0 Å². The van der Waals surface area contributed by atoms with Gasteiger partial charge >= 0.3 is 5.97 Å². The summed E-state index contributed by atoms with van der Waals surface area (Å²) in [5, 5.41) is 7.86. The highest BCUT2D eigenvalue weighted by molar-refractivity contribution is 9.08. The number of hydrogen-bond donors (Lipinski definition) is 1. The smallest absolute Gasteiger partial charge is 0.358 e. The number of ether oxygens (including phenoxy) is 1. The molecule has 0 saturated heterocycles. The quantitative estimate of drug-likeness (QED) is 0.540. The second-order valence-corrected chi connectivity index (χ2v) is 6.88. The molecule has 0 unspecified atom stereocenters. The first-order valence-electron chi connectivity index (χ1n) is 8.71. The zero-order valence-corrected chi connectivity index (χ0v) is 16.4. The van der Waals surface area contributed by atoms with Crippen LogP contribution >= 0.6 is 15.9 Å². The lowest BCUT2D eigenvalue weighted by molar-refractivity contribution is -0.0361. The largest absolute Gasteiger partial charge is 0.461 e. The second kappa shape index (κ2) is 8.28. The van der Waals surface area contributed by atoms with Gasteiger partial charge in [0.15, 0.2) is 5.69 Å². The van der Waals surface area contributed by atoms with Crippen LogP contribution in [0.1, 0.15) is 48.8 Å². The molecule has 27 heavy (non-hydrogen) atoms. The minimum atomic E-state index is -2.57. The number of alkyl halides is 3. The Morgan fingerprint density at radius 1 is 1.41 bits per heavy atom. The normalized spacial score (nSPS) is 16.9. The van der Waals surface area contributed by atoms with Gasteiger partial charge in [-0.2, -0.15) is 10.1 Å². The molecule has 1 N–H and O–H groups in total. The number of carbonyl (C=O) groups excluding carboxylic acids is 1. The molecule has 1 aliphatic rings. The maximum Gasteiger partial charge on any atom is 0.358 e. The summed E-state index contributed by atoms with van der Waals surface area (Å²) in [6.07, 6.45) is 2.08. The van der Waals surface area contributed by atoms with Crippen molar-refractivity contribution >= 4 is 27.7 Å². The van der Waals surface area contributed by atoms with Crippen LogP contribution in [0.4, 0.5) is 14.6 Å². The Morgan fingerprint density at radius 3 is 2.81 bits per heavy atom. The van der Waals surface area contributed by atoms with Crippen molar-refractivity contribution in [3.05, 3.63) is 29.7 Å². The van der Waals surface area contributed by atoms with Gasteiger partial charge in [-0.05, 0) is 25.8 Å². The third-order valence-corrected chi connectivity index (χ3v) is 4.83. The molecule has 0 aliphatic heterocycles. The predicted octanol–water partition coefficient (Wildman–Crippen LogP) is 3.72. The van der Waals surface area contributed by atoms with Crippen molar-refractivity contribution in [2.24, 2.45) is 0 Å². The highest BCUT2D eigenvalue weighted by atomic mass is 79.9. The van der Waals surface area contributed by atoms with Gasteiger partial charge in [-0.1, -0.05) is 15.9 Å². The number of nitrogens with zero attached hydrogens (tertiary/aromatic N) is 4. The van der Waals surface area contributed by atoms with Crippen LogP contribution in [0.3, 0.4) is 0 Å². The molecule has 1 aliphatic carbocycles. The average Bonchev–Trinajstić information content (AvgIpc) is 3.14. The molecule has 10 heteroatoms. The van der Waals surface area contributed by atoms with Gasteiger partial charge < -0.3 is 10.1 Å². The fourth-order valence-corrected chi connectivity index (χ4v) is 3.16. The van der Waals surface area contributed by atoms with Crippen molar-refractivity contribution in [2.75, 3.05) is 11.9 Å². The summed E-state index contributed by atoms with van der Waals surface area (Å²) < 4.78 is 33.0. The number of hydrogen-bond acceptors (Lipinski definition) is 6. The van der Waals surface area contributed by atoms with Crippen molar-refractivity contribution in [3.63, 3.8) is 0 Å². The number of nitrogens with one attached hydrogen (secondary N) is 1. The van der Waals surface area contributed by atoms with E-state index in [-0.39, 0.29) is 37.1 Å². The van der Waals surface area contributed by atoms with Crippen LogP contribution in [0.25, 0.3) is 5.95 Å². The molecule has 146 valence electrons. The first-order chi connectivity index (χ1) is 12.9. The third kappa shape index (κ3) is 5.00. The number of esters is 1. The number of anilines is 1. The SMILES string of the molecule is CCOC(=O)c1ccn(-c2nc(CBr)cc(NC3CCC(F)(F)CC3)n2)n1. The predicted molar refractivity (Wildman–Crippen MR) is 98.6 cm³/mol. The van der Waals surface area contributed by atoms with E-state index in [2.05, 4.69) is 36.3 Å². The molecule has 3 rings (SSSR count). The minimum Gasteiger partial charge on any atom is -0.461 e. The number of aromatic nitrogens is 4. The molecule has 2 aromatic heterocycles. The molecule has 0 atom stereocenters. The molecule has 2 heterocycles. The molecule has 1 saturated carbocycles. The Balaban J connectivity index is 1.79. The van der Waals surface area contributed by atoms with Gasteiger partial charge in [-0.3, -0.25) is 0 Å². The lowest BCUT2D eigenvalue weighted by atomic mass is 9.92. The van der Waals surface area contributed by atoms with Gasteiger partial charge in [0.1, 0.15) is 5.82 Å². The van der Waals surface area contributed by atoms with Crippen LogP contribution in [0.5, 0.6) is 0 Å². The van der Waals surface area contributed by atoms with Crippen LogP contribution in [0.15, 0.2) is 18.3 Å². The van der Waals surface area contributed by atoms with E-state index in [4.69, 9.17) is 4.74 Å². The highest BCUT2D eigenvalue weighted by Crippen LogP contribution is 2.34. The maximum absolute atomic E-state index is 13.3. The van der Waals surface area contributed by atoms with E-state index in [0.717, 1.165) is 0 Å². The first kappa shape index (κ1) is 19.7. The Hall–Kier alpha value is -2.10. The van der Waals surface area contributed by atoms with E-state index >= 15 is 0 Å². The van der Waals surface area contributed by atoms with Crippen LogP contribution in [0, 0.1) is 0 Å². The molecule has 1 fully saturated rings. The van der Waals surface area contributed by atoms with Crippen molar-refractivity contribution in [3.8, 4) is 5.95 Å². The Labute approximate surface area is 163 Å². The molecule has 0 radical (unpaired) electrons. The first-order valence-corrected chi connectivity index (χ1v) is 9.84. The van der Waals surface area contributed by atoms with Gasteiger partial charge in [0, 0.05) is 36.5 Å². The lowest BCUT2D eigenvalue weighted by Crippen LogP contribution is -2.32. The molecular formula is C17H20BrF2N5O2. The molecular weight excluding hydrogens is 424 g/mol. The highest BCUT2D eigenvalue weighted by Gasteiger charge is 2.35. The molecule has 7 nitrogen and oxygen atoms in total. The monoisotopic (exact) mass is 443 g/mol. The third-order valence-electron chi connectivity index (χ3n) is 4.25. The Morgan fingerprint density at radius 2 is 2.15 bits per heavy atom. The van der Waals surface area contributed by atoms with Crippen molar-refractivity contribution < 1.29 is 18.3 Å². The van der Waals surface area contributed by atoms with Gasteiger partial charge in [-0.25, -0.2) is 23.2 Å². The fourth-order valence-electron chi connectivity index (χ4n) is 2.87. The number of halogens is 3. The van der Waals surface area contributed by atoms with Crippen LogP contribution in [0.2, 0.25) is 0 Å². The van der Waals surface area contributed by atoms with E-state index in [9.17, 15) is 13.6 Å².